The number of ether oxygens (including phenoxy) is 1. The van der Waals surface area contributed by atoms with Crippen molar-refractivity contribution < 1.29 is 13.9 Å². The molecule has 0 aromatic heterocycles. The van der Waals surface area contributed by atoms with E-state index in [4.69, 9.17) is 10.5 Å². The van der Waals surface area contributed by atoms with Gasteiger partial charge in [-0.25, -0.2) is 9.18 Å². The Bertz CT molecular complexity index is 460. The van der Waals surface area contributed by atoms with Gasteiger partial charge in [0.05, 0.1) is 6.04 Å². The van der Waals surface area contributed by atoms with Crippen LogP contribution in [0.1, 0.15) is 32.4 Å². The Morgan fingerprint density at radius 2 is 2.16 bits per heavy atom. The largest absolute Gasteiger partial charge is 0.444 e. The van der Waals surface area contributed by atoms with E-state index in [1.807, 2.05) is 0 Å². The van der Waals surface area contributed by atoms with Crippen LogP contribution in [0.25, 0.3) is 0 Å². The van der Waals surface area contributed by atoms with Crippen LogP contribution in [0.3, 0.4) is 0 Å². The van der Waals surface area contributed by atoms with Gasteiger partial charge in [0.1, 0.15) is 11.4 Å². The Balaban J connectivity index is 2.58. The zero-order valence-electron chi connectivity index (χ0n) is 11.2. The van der Waals surface area contributed by atoms with Gasteiger partial charge in [0.25, 0.3) is 0 Å². The molecule has 0 aliphatic heterocycles. The van der Waals surface area contributed by atoms with E-state index in [-0.39, 0.29) is 6.54 Å². The van der Waals surface area contributed by atoms with Crippen LogP contribution in [0, 0.1) is 5.82 Å². The van der Waals surface area contributed by atoms with Crippen molar-refractivity contribution in [2.24, 2.45) is 5.73 Å². The highest BCUT2D eigenvalue weighted by molar-refractivity contribution is 9.10. The van der Waals surface area contributed by atoms with Crippen molar-refractivity contribution in [1.29, 1.82) is 0 Å². The summed E-state index contributed by atoms with van der Waals surface area (Å²) in [6.07, 6.45) is -0.571. The Labute approximate surface area is 120 Å². The number of carbonyl (C=O) groups excluding carboxylic acids is 1. The zero-order chi connectivity index (χ0) is 14.6. The van der Waals surface area contributed by atoms with E-state index in [9.17, 15) is 9.18 Å². The van der Waals surface area contributed by atoms with Gasteiger partial charge in [-0.3, -0.25) is 0 Å². The number of benzene rings is 1. The predicted molar refractivity (Wildman–Crippen MR) is 75.3 cm³/mol. The highest BCUT2D eigenvalue weighted by Gasteiger charge is 2.18. The third-order valence-electron chi connectivity index (χ3n) is 2.22. The molecule has 1 unspecified atom stereocenters. The lowest BCUT2D eigenvalue weighted by Gasteiger charge is -2.21. The Morgan fingerprint density at radius 3 is 2.74 bits per heavy atom. The summed E-state index contributed by atoms with van der Waals surface area (Å²) in [5.74, 6) is -0.401. The first-order valence-electron chi connectivity index (χ1n) is 5.86. The first-order valence-corrected chi connectivity index (χ1v) is 6.66. The van der Waals surface area contributed by atoms with Crippen molar-refractivity contribution >= 4 is 22.0 Å². The minimum Gasteiger partial charge on any atom is -0.444 e. The van der Waals surface area contributed by atoms with Crippen LogP contribution in [-0.2, 0) is 4.74 Å². The topological polar surface area (TPSA) is 64.3 Å². The van der Waals surface area contributed by atoms with Crippen LogP contribution in [0.4, 0.5) is 9.18 Å². The summed E-state index contributed by atoms with van der Waals surface area (Å²) in [5.41, 5.74) is 5.61. The SMILES string of the molecule is CC(C)(C)OC(=O)NCC(N)c1cc(Br)ccc1F. The molecule has 6 heteroatoms. The van der Waals surface area contributed by atoms with Crippen molar-refractivity contribution in [2.75, 3.05) is 6.54 Å². The lowest BCUT2D eigenvalue weighted by molar-refractivity contribution is 0.0524. The van der Waals surface area contributed by atoms with E-state index >= 15 is 0 Å². The molecule has 0 spiro atoms. The lowest BCUT2D eigenvalue weighted by atomic mass is 10.1. The summed E-state index contributed by atoms with van der Waals surface area (Å²) < 4.78 is 19.4. The van der Waals surface area contributed by atoms with E-state index in [1.54, 1.807) is 32.9 Å². The van der Waals surface area contributed by atoms with Gasteiger partial charge < -0.3 is 15.8 Å². The Hall–Kier alpha value is -1.14. The molecule has 0 heterocycles. The molecule has 0 aliphatic rings. The van der Waals surface area contributed by atoms with E-state index in [0.717, 1.165) is 4.47 Å². The minimum atomic E-state index is -0.634. The molecule has 1 amide bonds. The summed E-state index contributed by atoms with van der Waals surface area (Å²) in [6.45, 7) is 5.39. The molecule has 1 aromatic carbocycles. The number of carbonyl (C=O) groups is 1. The van der Waals surface area contributed by atoms with Crippen molar-refractivity contribution in [2.45, 2.75) is 32.4 Å². The molecule has 0 saturated carbocycles. The minimum absolute atomic E-state index is 0.0995. The molecule has 1 atom stereocenters. The monoisotopic (exact) mass is 332 g/mol. The van der Waals surface area contributed by atoms with Crippen LogP contribution in [-0.4, -0.2) is 18.2 Å². The molecule has 3 N–H and O–H groups in total. The maximum Gasteiger partial charge on any atom is 0.407 e. The molecule has 106 valence electrons. The third kappa shape index (κ3) is 5.57. The molecule has 0 bridgehead atoms. The van der Waals surface area contributed by atoms with E-state index in [0.29, 0.717) is 5.56 Å². The number of nitrogens with two attached hydrogens (primary N) is 1. The van der Waals surface area contributed by atoms with Crippen molar-refractivity contribution in [3.05, 3.63) is 34.1 Å². The molecular weight excluding hydrogens is 315 g/mol. The second kappa shape index (κ2) is 6.34. The molecule has 1 aromatic rings. The second-order valence-electron chi connectivity index (χ2n) is 5.16. The van der Waals surface area contributed by atoms with Crippen LogP contribution in [0.15, 0.2) is 22.7 Å². The van der Waals surface area contributed by atoms with Crippen LogP contribution < -0.4 is 11.1 Å². The van der Waals surface area contributed by atoms with Crippen LogP contribution in [0.2, 0.25) is 0 Å². The number of rotatable bonds is 3. The third-order valence-corrected chi connectivity index (χ3v) is 2.72. The van der Waals surface area contributed by atoms with Crippen molar-refractivity contribution in [3.63, 3.8) is 0 Å². The maximum absolute atomic E-state index is 13.6. The number of amides is 1. The lowest BCUT2D eigenvalue weighted by Crippen LogP contribution is -2.36. The molecule has 19 heavy (non-hydrogen) atoms. The molecule has 0 radical (unpaired) electrons. The van der Waals surface area contributed by atoms with Crippen LogP contribution in [0.5, 0.6) is 0 Å². The average molecular weight is 333 g/mol. The van der Waals surface area contributed by atoms with Crippen molar-refractivity contribution in [3.8, 4) is 0 Å². The molecule has 0 aliphatic carbocycles. The van der Waals surface area contributed by atoms with E-state index in [2.05, 4.69) is 21.2 Å². The van der Waals surface area contributed by atoms with Gasteiger partial charge >= 0.3 is 6.09 Å². The van der Waals surface area contributed by atoms with Gasteiger partial charge in [0.2, 0.25) is 0 Å². The highest BCUT2D eigenvalue weighted by Crippen LogP contribution is 2.20. The zero-order valence-corrected chi connectivity index (χ0v) is 12.8. The van der Waals surface area contributed by atoms with Crippen molar-refractivity contribution in [1.82, 2.24) is 5.32 Å². The van der Waals surface area contributed by atoms with Gasteiger partial charge in [0, 0.05) is 16.6 Å². The quantitative estimate of drug-likeness (QED) is 0.893. The van der Waals surface area contributed by atoms with E-state index in [1.165, 1.54) is 6.07 Å². The summed E-state index contributed by atoms with van der Waals surface area (Å²) in [7, 11) is 0. The molecule has 0 saturated heterocycles. The number of hydrogen-bond donors (Lipinski definition) is 2. The van der Waals surface area contributed by atoms with Gasteiger partial charge in [-0.15, -0.1) is 0 Å². The number of nitrogens with one attached hydrogen (secondary N) is 1. The fourth-order valence-corrected chi connectivity index (χ4v) is 1.79. The molecule has 4 nitrogen and oxygen atoms in total. The number of alkyl carbamates (subject to hydrolysis) is 1. The fraction of sp³-hybridized carbons (Fsp3) is 0.462. The highest BCUT2D eigenvalue weighted by atomic mass is 79.9. The Kier molecular flexibility index (Phi) is 5.31. The second-order valence-corrected chi connectivity index (χ2v) is 6.07. The van der Waals surface area contributed by atoms with Gasteiger partial charge in [0.15, 0.2) is 0 Å². The molecule has 1 rings (SSSR count). The van der Waals surface area contributed by atoms with Gasteiger partial charge in [-0.05, 0) is 39.0 Å². The summed E-state index contributed by atoms with van der Waals surface area (Å²) in [6, 6.07) is 3.88. The van der Waals surface area contributed by atoms with Gasteiger partial charge in [-0.1, -0.05) is 15.9 Å². The summed E-state index contributed by atoms with van der Waals surface area (Å²) in [4.78, 5) is 11.5. The van der Waals surface area contributed by atoms with E-state index < -0.39 is 23.6 Å². The standard InChI is InChI=1S/C13H18BrFN2O2/c1-13(2,3)19-12(18)17-7-11(16)9-6-8(14)4-5-10(9)15/h4-6,11H,7,16H2,1-3H3,(H,17,18). The molecular formula is C13H18BrFN2O2. The summed E-state index contributed by atoms with van der Waals surface area (Å²) in [5, 5.41) is 2.52. The Morgan fingerprint density at radius 1 is 1.53 bits per heavy atom. The smallest absolute Gasteiger partial charge is 0.407 e. The maximum atomic E-state index is 13.6. The number of halogens is 2. The first kappa shape index (κ1) is 15.9. The molecule has 0 fully saturated rings. The normalized spacial score (nSPS) is 12.9. The van der Waals surface area contributed by atoms with Crippen LogP contribution >= 0.6 is 15.9 Å². The summed E-state index contributed by atoms with van der Waals surface area (Å²) >= 11 is 3.25. The fourth-order valence-electron chi connectivity index (χ4n) is 1.42. The average Bonchev–Trinajstić information content (AvgIpc) is 2.27. The number of hydrogen-bond acceptors (Lipinski definition) is 3. The predicted octanol–water partition coefficient (Wildman–Crippen LogP) is 3.11. The van der Waals surface area contributed by atoms with Gasteiger partial charge in [-0.2, -0.15) is 0 Å². The first-order chi connectivity index (χ1) is 8.69.